The monoisotopic (exact) mass is 253 g/mol. The summed E-state index contributed by atoms with van der Waals surface area (Å²) < 4.78 is 5.13. The fourth-order valence-electron chi connectivity index (χ4n) is 2.01. The molecule has 5 nitrogen and oxygen atoms in total. The van der Waals surface area contributed by atoms with Crippen molar-refractivity contribution >= 4 is 5.91 Å². The third-order valence-electron chi connectivity index (χ3n) is 2.77. The van der Waals surface area contributed by atoms with Crippen LogP contribution in [0.5, 0.6) is 0 Å². The van der Waals surface area contributed by atoms with Crippen LogP contribution < -0.4 is 10.6 Å². The van der Waals surface area contributed by atoms with Crippen molar-refractivity contribution in [3.63, 3.8) is 0 Å². The Morgan fingerprint density at radius 3 is 2.50 bits per heavy atom. The van der Waals surface area contributed by atoms with Crippen LogP contribution in [-0.2, 0) is 4.79 Å². The highest BCUT2D eigenvalue weighted by atomic mass is 16.5. The van der Waals surface area contributed by atoms with Crippen LogP contribution in [0.15, 0.2) is 4.52 Å². The van der Waals surface area contributed by atoms with E-state index in [0.717, 1.165) is 17.0 Å². The van der Waals surface area contributed by atoms with E-state index >= 15 is 0 Å². The van der Waals surface area contributed by atoms with Crippen molar-refractivity contribution < 1.29 is 9.32 Å². The number of aromatic nitrogens is 1. The topological polar surface area (TPSA) is 67.2 Å². The van der Waals surface area contributed by atoms with Crippen molar-refractivity contribution in [3.8, 4) is 0 Å². The number of nitrogens with zero attached hydrogens (tertiary/aromatic N) is 1. The van der Waals surface area contributed by atoms with Gasteiger partial charge in [0, 0.05) is 30.6 Å². The van der Waals surface area contributed by atoms with Gasteiger partial charge in [0.1, 0.15) is 5.76 Å². The molecule has 0 aliphatic rings. The molecule has 1 atom stereocenters. The second-order valence-corrected chi connectivity index (χ2v) is 4.89. The molecule has 18 heavy (non-hydrogen) atoms. The first-order valence-corrected chi connectivity index (χ1v) is 6.37. The van der Waals surface area contributed by atoms with Gasteiger partial charge < -0.3 is 15.2 Å². The summed E-state index contributed by atoms with van der Waals surface area (Å²) in [6, 6.07) is 0.334. The molecule has 0 aliphatic heterocycles. The Balaban J connectivity index is 2.38. The van der Waals surface area contributed by atoms with E-state index < -0.39 is 0 Å². The zero-order chi connectivity index (χ0) is 13.7. The van der Waals surface area contributed by atoms with E-state index in [1.165, 1.54) is 0 Å². The Bertz CT molecular complexity index is 379. The van der Waals surface area contributed by atoms with Crippen LogP contribution in [0.1, 0.15) is 50.3 Å². The molecule has 1 aromatic rings. The van der Waals surface area contributed by atoms with E-state index in [0.29, 0.717) is 13.0 Å². The number of carbonyl (C=O) groups excluding carboxylic acids is 1. The number of rotatable bonds is 6. The molecule has 0 aromatic carbocycles. The standard InChI is InChI=1S/C13H23N3O2/c1-8(2)15-12(17)6-7-14-9(3)13-10(4)16-18-11(13)5/h8-9,14H,6-7H2,1-5H3,(H,15,17). The Hall–Kier alpha value is -1.36. The molecule has 0 saturated heterocycles. The molecule has 1 aromatic heterocycles. The number of hydrogen-bond donors (Lipinski definition) is 2. The molecule has 0 radical (unpaired) electrons. The van der Waals surface area contributed by atoms with Crippen LogP contribution in [0, 0.1) is 13.8 Å². The van der Waals surface area contributed by atoms with Crippen molar-refractivity contribution in [2.45, 2.75) is 53.1 Å². The minimum absolute atomic E-state index is 0.0727. The minimum atomic E-state index is 0.0727. The number of carbonyl (C=O) groups is 1. The fourth-order valence-corrected chi connectivity index (χ4v) is 2.01. The average Bonchev–Trinajstić information content (AvgIpc) is 2.57. The lowest BCUT2D eigenvalue weighted by atomic mass is 10.1. The molecule has 1 heterocycles. The Morgan fingerprint density at radius 1 is 1.33 bits per heavy atom. The maximum Gasteiger partial charge on any atom is 0.221 e. The van der Waals surface area contributed by atoms with Gasteiger partial charge in [0.05, 0.1) is 5.69 Å². The largest absolute Gasteiger partial charge is 0.361 e. The van der Waals surface area contributed by atoms with Gasteiger partial charge in [0.25, 0.3) is 0 Å². The number of nitrogens with one attached hydrogen (secondary N) is 2. The molecule has 0 spiro atoms. The lowest BCUT2D eigenvalue weighted by Crippen LogP contribution is -2.33. The minimum Gasteiger partial charge on any atom is -0.361 e. The summed E-state index contributed by atoms with van der Waals surface area (Å²) in [6.45, 7) is 10.4. The molecule has 0 bridgehead atoms. The van der Waals surface area contributed by atoms with Crippen LogP contribution in [-0.4, -0.2) is 23.7 Å². The van der Waals surface area contributed by atoms with Gasteiger partial charge >= 0.3 is 0 Å². The van der Waals surface area contributed by atoms with Gasteiger partial charge in [0.2, 0.25) is 5.91 Å². The molecule has 0 aliphatic carbocycles. The van der Waals surface area contributed by atoms with Crippen LogP contribution in [0.3, 0.4) is 0 Å². The molecule has 1 rings (SSSR count). The zero-order valence-corrected chi connectivity index (χ0v) is 11.8. The summed E-state index contributed by atoms with van der Waals surface area (Å²) >= 11 is 0. The van der Waals surface area contributed by atoms with E-state index in [4.69, 9.17) is 4.52 Å². The molecule has 2 N–H and O–H groups in total. The first kappa shape index (κ1) is 14.7. The Morgan fingerprint density at radius 2 is 2.00 bits per heavy atom. The van der Waals surface area contributed by atoms with Crippen LogP contribution in [0.25, 0.3) is 0 Å². The lowest BCUT2D eigenvalue weighted by molar-refractivity contribution is -0.121. The molecule has 5 heteroatoms. The molecule has 0 fully saturated rings. The van der Waals surface area contributed by atoms with Crippen LogP contribution in [0.2, 0.25) is 0 Å². The summed E-state index contributed by atoms with van der Waals surface area (Å²) in [5, 5.41) is 10.1. The summed E-state index contributed by atoms with van der Waals surface area (Å²) in [5.41, 5.74) is 1.98. The lowest BCUT2D eigenvalue weighted by Gasteiger charge is -2.14. The Labute approximate surface area is 108 Å². The predicted octanol–water partition coefficient (Wildman–Crippen LogP) is 1.86. The van der Waals surface area contributed by atoms with Crippen molar-refractivity contribution in [1.29, 1.82) is 0 Å². The van der Waals surface area contributed by atoms with E-state index in [1.807, 2.05) is 34.6 Å². The molecule has 0 saturated carbocycles. The smallest absolute Gasteiger partial charge is 0.221 e. The van der Waals surface area contributed by atoms with Gasteiger partial charge in [-0.05, 0) is 34.6 Å². The molecule has 1 unspecified atom stereocenters. The maximum atomic E-state index is 11.5. The summed E-state index contributed by atoms with van der Waals surface area (Å²) in [5.74, 6) is 0.905. The third-order valence-corrected chi connectivity index (χ3v) is 2.77. The quantitative estimate of drug-likeness (QED) is 0.812. The maximum absolute atomic E-state index is 11.5. The van der Waals surface area contributed by atoms with E-state index in [9.17, 15) is 4.79 Å². The normalized spacial score (nSPS) is 12.8. The third kappa shape index (κ3) is 4.14. The molecule has 1 amide bonds. The number of amides is 1. The van der Waals surface area contributed by atoms with Crippen molar-refractivity contribution in [2.75, 3.05) is 6.54 Å². The average molecular weight is 253 g/mol. The van der Waals surface area contributed by atoms with Crippen LogP contribution in [0.4, 0.5) is 0 Å². The highest BCUT2D eigenvalue weighted by molar-refractivity contribution is 5.76. The van der Waals surface area contributed by atoms with Crippen molar-refractivity contribution in [3.05, 3.63) is 17.0 Å². The molecular weight excluding hydrogens is 230 g/mol. The van der Waals surface area contributed by atoms with Crippen LogP contribution >= 0.6 is 0 Å². The van der Waals surface area contributed by atoms with Crippen molar-refractivity contribution in [2.24, 2.45) is 0 Å². The highest BCUT2D eigenvalue weighted by Crippen LogP contribution is 2.20. The van der Waals surface area contributed by atoms with Gasteiger partial charge in [-0.1, -0.05) is 5.16 Å². The van der Waals surface area contributed by atoms with E-state index in [2.05, 4.69) is 15.8 Å². The summed E-state index contributed by atoms with van der Waals surface area (Å²) in [6.07, 6.45) is 0.478. The van der Waals surface area contributed by atoms with Gasteiger partial charge in [-0.25, -0.2) is 0 Å². The SMILES string of the molecule is Cc1noc(C)c1C(C)NCCC(=O)NC(C)C. The van der Waals surface area contributed by atoms with Gasteiger partial charge in [-0.2, -0.15) is 0 Å². The van der Waals surface area contributed by atoms with E-state index in [-0.39, 0.29) is 18.0 Å². The first-order chi connectivity index (χ1) is 8.41. The number of hydrogen-bond acceptors (Lipinski definition) is 4. The summed E-state index contributed by atoms with van der Waals surface area (Å²) in [4.78, 5) is 11.5. The predicted molar refractivity (Wildman–Crippen MR) is 70.3 cm³/mol. The van der Waals surface area contributed by atoms with Gasteiger partial charge in [-0.3, -0.25) is 4.79 Å². The second kappa shape index (κ2) is 6.54. The summed E-state index contributed by atoms with van der Waals surface area (Å²) in [7, 11) is 0. The first-order valence-electron chi connectivity index (χ1n) is 6.37. The zero-order valence-electron chi connectivity index (χ0n) is 11.8. The van der Waals surface area contributed by atoms with Gasteiger partial charge in [-0.15, -0.1) is 0 Å². The Kier molecular flexibility index (Phi) is 5.34. The fraction of sp³-hybridized carbons (Fsp3) is 0.692. The van der Waals surface area contributed by atoms with Crippen molar-refractivity contribution in [1.82, 2.24) is 15.8 Å². The number of aryl methyl sites for hydroxylation is 2. The highest BCUT2D eigenvalue weighted by Gasteiger charge is 2.15. The van der Waals surface area contributed by atoms with Gasteiger partial charge in [0.15, 0.2) is 0 Å². The molecular formula is C13H23N3O2. The van der Waals surface area contributed by atoms with E-state index in [1.54, 1.807) is 0 Å². The second-order valence-electron chi connectivity index (χ2n) is 4.89. The molecule has 102 valence electrons.